The van der Waals surface area contributed by atoms with Gasteiger partial charge in [-0.15, -0.1) is 22.7 Å². The van der Waals surface area contributed by atoms with Gasteiger partial charge in [0.25, 0.3) is 0 Å². The molecule has 0 unspecified atom stereocenters. The molecule has 5 heteroatoms. The fraction of sp³-hybridized carbons (Fsp3) is 0. The van der Waals surface area contributed by atoms with E-state index in [0.717, 1.165) is 43.8 Å². The van der Waals surface area contributed by atoms with Crippen molar-refractivity contribution in [2.45, 2.75) is 0 Å². The molecule has 9 aromatic carbocycles. The molecule has 4 heterocycles. The van der Waals surface area contributed by atoms with Crippen LogP contribution in [-0.2, 0) is 0 Å². The minimum Gasteiger partial charge on any atom is -0.292 e. The second kappa shape index (κ2) is 11.0. The maximum absolute atomic E-state index is 5.74. The normalized spacial score (nSPS) is 12.4. The van der Waals surface area contributed by atoms with Crippen LogP contribution in [0, 0.1) is 0 Å². The number of hydrogen-bond acceptors (Lipinski definition) is 4. The predicted octanol–water partition coefficient (Wildman–Crippen LogP) is 14.6. The zero-order chi connectivity index (χ0) is 35.8. The van der Waals surface area contributed by atoms with Crippen LogP contribution >= 0.6 is 22.7 Å². The molecule has 0 aliphatic rings. The zero-order valence-corrected chi connectivity index (χ0v) is 30.9. The van der Waals surface area contributed by atoms with Gasteiger partial charge in [-0.25, -0.2) is 9.97 Å². The molecule has 0 saturated carbocycles. The van der Waals surface area contributed by atoms with Crippen LogP contribution in [0.5, 0.6) is 0 Å². The molecule has 0 fully saturated rings. The molecule has 0 radical (unpaired) electrons. The fourth-order valence-corrected chi connectivity index (χ4v) is 11.5. The van der Waals surface area contributed by atoms with Gasteiger partial charge in [0.1, 0.15) is 16.0 Å². The van der Waals surface area contributed by atoms with Crippen molar-refractivity contribution in [3.05, 3.63) is 164 Å². The first-order chi connectivity index (χ1) is 27.3. The van der Waals surface area contributed by atoms with Gasteiger partial charge >= 0.3 is 0 Å². The van der Waals surface area contributed by atoms with Crippen molar-refractivity contribution in [1.29, 1.82) is 0 Å². The van der Waals surface area contributed by atoms with Gasteiger partial charge in [0.15, 0.2) is 5.82 Å². The van der Waals surface area contributed by atoms with Gasteiger partial charge in [-0.05, 0) is 68.0 Å². The molecular weight excluding hydrogens is 707 g/mol. The lowest BCUT2D eigenvalue weighted by atomic mass is 9.91. The molecule has 13 aromatic rings. The number of aromatic nitrogens is 3. The summed E-state index contributed by atoms with van der Waals surface area (Å²) in [6.07, 6.45) is 0. The highest BCUT2D eigenvalue weighted by molar-refractivity contribution is 7.26. The smallest absolute Gasteiger partial charge is 0.165 e. The molecule has 0 aliphatic heterocycles. The average Bonchev–Trinajstić information content (AvgIpc) is 3.92. The first-order valence-electron chi connectivity index (χ1n) is 18.6. The Labute approximate surface area is 322 Å². The van der Waals surface area contributed by atoms with E-state index in [-0.39, 0.29) is 0 Å². The molecule has 254 valence electrons. The third-order valence-corrected chi connectivity index (χ3v) is 13.8. The molecule has 0 spiro atoms. The van der Waals surface area contributed by atoms with Crippen LogP contribution in [-0.4, -0.2) is 14.5 Å². The Kier molecular flexibility index (Phi) is 5.93. The van der Waals surface area contributed by atoms with E-state index >= 15 is 0 Å². The number of thiophene rings is 2. The SMILES string of the molecule is c1ccc2c(c1)ccc1c2c2c3c4ccccc4c4ccccc4c3ccc2n1-c1nc2c(nc1-c1cccc3sc4ccccc4c13)sc1ccccc12. The number of hydrogen-bond donors (Lipinski definition) is 0. The van der Waals surface area contributed by atoms with Crippen molar-refractivity contribution in [3.63, 3.8) is 0 Å². The van der Waals surface area contributed by atoms with Crippen LogP contribution in [0.15, 0.2) is 164 Å². The lowest BCUT2D eigenvalue weighted by Crippen LogP contribution is -2.03. The van der Waals surface area contributed by atoms with Gasteiger partial charge in [-0.3, -0.25) is 4.57 Å². The predicted molar refractivity (Wildman–Crippen MR) is 238 cm³/mol. The Morgan fingerprint density at radius 3 is 1.75 bits per heavy atom. The van der Waals surface area contributed by atoms with Crippen molar-refractivity contribution in [1.82, 2.24) is 14.5 Å². The highest BCUT2D eigenvalue weighted by Crippen LogP contribution is 2.48. The van der Waals surface area contributed by atoms with E-state index in [4.69, 9.17) is 9.97 Å². The summed E-state index contributed by atoms with van der Waals surface area (Å²) in [4.78, 5) is 12.3. The molecule has 55 heavy (non-hydrogen) atoms. The minimum absolute atomic E-state index is 0.846. The van der Waals surface area contributed by atoms with E-state index in [9.17, 15) is 0 Å². The van der Waals surface area contributed by atoms with Gasteiger partial charge < -0.3 is 0 Å². The van der Waals surface area contributed by atoms with E-state index in [1.807, 2.05) is 11.3 Å². The number of nitrogens with zero attached hydrogens (tertiary/aromatic N) is 3. The summed E-state index contributed by atoms with van der Waals surface area (Å²) in [6.45, 7) is 0. The van der Waals surface area contributed by atoms with Crippen molar-refractivity contribution >= 4 is 128 Å². The molecule has 3 nitrogen and oxygen atoms in total. The highest BCUT2D eigenvalue weighted by Gasteiger charge is 2.25. The quantitative estimate of drug-likeness (QED) is 0.166. The minimum atomic E-state index is 0.846. The summed E-state index contributed by atoms with van der Waals surface area (Å²) in [5.41, 5.74) is 5.18. The van der Waals surface area contributed by atoms with Crippen LogP contribution in [0.3, 0.4) is 0 Å². The zero-order valence-electron chi connectivity index (χ0n) is 29.2. The van der Waals surface area contributed by atoms with E-state index in [2.05, 4.69) is 168 Å². The van der Waals surface area contributed by atoms with Gasteiger partial charge in [-0.2, -0.15) is 0 Å². The molecule has 0 amide bonds. The van der Waals surface area contributed by atoms with Crippen LogP contribution in [0.2, 0.25) is 0 Å². The maximum Gasteiger partial charge on any atom is 0.165 e. The van der Waals surface area contributed by atoms with E-state index in [0.29, 0.717) is 0 Å². The average molecular weight is 734 g/mol. The molecule has 0 aliphatic carbocycles. The van der Waals surface area contributed by atoms with Crippen LogP contribution in [0.4, 0.5) is 0 Å². The molecule has 0 N–H and O–H groups in total. The summed E-state index contributed by atoms with van der Waals surface area (Å²) >= 11 is 3.56. The first kappa shape index (κ1) is 29.8. The van der Waals surface area contributed by atoms with E-state index in [1.54, 1.807) is 11.3 Å². The number of benzene rings is 9. The summed E-state index contributed by atoms with van der Waals surface area (Å²) in [5.74, 6) is 0.846. The highest BCUT2D eigenvalue weighted by atomic mass is 32.1. The maximum atomic E-state index is 5.74. The van der Waals surface area contributed by atoms with Crippen LogP contribution in [0.25, 0.3) is 123 Å². The van der Waals surface area contributed by atoms with Crippen molar-refractivity contribution in [2.24, 2.45) is 0 Å². The third-order valence-electron chi connectivity index (χ3n) is 11.6. The Morgan fingerprint density at radius 1 is 0.364 bits per heavy atom. The Hall–Kier alpha value is -6.66. The molecule has 4 aromatic heterocycles. The van der Waals surface area contributed by atoms with Crippen molar-refractivity contribution in [2.75, 3.05) is 0 Å². The Balaban J connectivity index is 1.28. The fourth-order valence-electron chi connectivity index (χ4n) is 9.31. The van der Waals surface area contributed by atoms with Crippen LogP contribution in [0.1, 0.15) is 0 Å². The van der Waals surface area contributed by atoms with Crippen molar-refractivity contribution < 1.29 is 0 Å². The van der Waals surface area contributed by atoms with E-state index < -0.39 is 0 Å². The molecule has 0 bridgehead atoms. The lowest BCUT2D eigenvalue weighted by molar-refractivity contribution is 1.09. The third kappa shape index (κ3) is 3.98. The molecule has 0 saturated heterocycles. The topological polar surface area (TPSA) is 30.7 Å². The number of fused-ring (bicyclic) bond motifs is 18. The first-order valence-corrected chi connectivity index (χ1v) is 20.2. The number of rotatable bonds is 2. The van der Waals surface area contributed by atoms with Gasteiger partial charge in [0.2, 0.25) is 0 Å². The Morgan fingerprint density at radius 2 is 0.945 bits per heavy atom. The van der Waals surface area contributed by atoms with Crippen molar-refractivity contribution in [3.8, 4) is 17.1 Å². The molecule has 13 rings (SSSR count). The van der Waals surface area contributed by atoms with Gasteiger partial charge in [0.05, 0.1) is 11.0 Å². The molecular formula is C50H27N3S2. The van der Waals surface area contributed by atoms with Crippen LogP contribution < -0.4 is 0 Å². The summed E-state index contributed by atoms with van der Waals surface area (Å²) in [7, 11) is 0. The monoisotopic (exact) mass is 733 g/mol. The summed E-state index contributed by atoms with van der Waals surface area (Å²) in [5, 5.41) is 16.1. The lowest BCUT2D eigenvalue weighted by Gasteiger charge is -2.15. The second-order valence-corrected chi connectivity index (χ2v) is 16.5. The van der Waals surface area contributed by atoms with Gasteiger partial charge in [-0.1, -0.05) is 133 Å². The largest absolute Gasteiger partial charge is 0.292 e. The Bertz CT molecular complexity index is 3760. The second-order valence-electron chi connectivity index (χ2n) is 14.4. The summed E-state index contributed by atoms with van der Waals surface area (Å²) in [6, 6.07) is 59.8. The summed E-state index contributed by atoms with van der Waals surface area (Å²) < 4.78 is 6.14. The van der Waals surface area contributed by atoms with E-state index in [1.165, 1.54) is 78.7 Å². The van der Waals surface area contributed by atoms with Gasteiger partial charge in [0, 0.05) is 52.0 Å². The molecule has 0 atom stereocenters. The standard InChI is InChI=1S/C50H27N3S2/c1-2-13-29-28(12-1)24-26-38-45(29)46-39(27-25-34-32-16-4-3-14-30(32)31-15-5-6-17-33(31)44(34)46)53(38)49-47(52-50-48(51-49)36-19-8-10-22-41(36)55-50)37-20-11-23-42-43(37)35-18-7-9-21-40(35)54-42/h1-27H.